The van der Waals surface area contributed by atoms with Crippen LogP contribution in [0.5, 0.6) is 0 Å². The zero-order valence-electron chi connectivity index (χ0n) is 16.4. The van der Waals surface area contributed by atoms with Crippen molar-refractivity contribution in [1.82, 2.24) is 14.5 Å². The molecule has 0 saturated carbocycles. The predicted molar refractivity (Wildman–Crippen MR) is 106 cm³/mol. The number of rotatable bonds is 6. The van der Waals surface area contributed by atoms with Crippen LogP contribution in [-0.2, 0) is 10.0 Å². The van der Waals surface area contributed by atoms with Gasteiger partial charge in [0.05, 0.1) is 4.90 Å². The second kappa shape index (κ2) is 8.71. The van der Waals surface area contributed by atoms with E-state index in [0.29, 0.717) is 24.7 Å². The highest BCUT2D eigenvalue weighted by molar-refractivity contribution is 7.89. The van der Waals surface area contributed by atoms with Gasteiger partial charge in [-0.15, -0.1) is 0 Å². The molecule has 2 aliphatic heterocycles. The minimum Gasteiger partial charge on any atom is -0.350 e. The number of piperidine rings is 1. The van der Waals surface area contributed by atoms with Crippen molar-refractivity contribution in [3.63, 3.8) is 0 Å². The quantitative estimate of drug-likeness (QED) is 0.806. The number of carbonyl (C=O) groups excluding carboxylic acids is 1. The number of nitrogens with one attached hydrogen (secondary N) is 1. The molecule has 0 bridgehead atoms. The lowest BCUT2D eigenvalue weighted by atomic mass is 10.1. The molecule has 27 heavy (non-hydrogen) atoms. The van der Waals surface area contributed by atoms with Crippen molar-refractivity contribution in [2.75, 3.05) is 26.2 Å². The van der Waals surface area contributed by atoms with Crippen LogP contribution in [0.15, 0.2) is 29.2 Å². The summed E-state index contributed by atoms with van der Waals surface area (Å²) in [6.07, 6.45) is 5.16. The van der Waals surface area contributed by atoms with Crippen molar-refractivity contribution in [1.29, 1.82) is 0 Å². The van der Waals surface area contributed by atoms with Gasteiger partial charge in [-0.2, -0.15) is 4.31 Å². The number of sulfonamides is 1. The second-order valence-electron chi connectivity index (χ2n) is 7.62. The first-order valence-corrected chi connectivity index (χ1v) is 11.5. The molecule has 2 heterocycles. The third kappa shape index (κ3) is 4.52. The van der Waals surface area contributed by atoms with Gasteiger partial charge in [-0.05, 0) is 70.0 Å². The molecule has 1 amide bonds. The van der Waals surface area contributed by atoms with Gasteiger partial charge in [0.15, 0.2) is 0 Å². The van der Waals surface area contributed by atoms with E-state index in [9.17, 15) is 13.2 Å². The molecule has 0 spiro atoms. The summed E-state index contributed by atoms with van der Waals surface area (Å²) < 4.78 is 27.3. The molecular weight excluding hydrogens is 362 g/mol. The average molecular weight is 394 g/mol. The summed E-state index contributed by atoms with van der Waals surface area (Å²) in [4.78, 5) is 15.1. The summed E-state index contributed by atoms with van der Waals surface area (Å²) in [5.74, 6) is -0.145. The smallest absolute Gasteiger partial charge is 0.251 e. The van der Waals surface area contributed by atoms with Crippen LogP contribution >= 0.6 is 0 Å². The fourth-order valence-corrected chi connectivity index (χ4v) is 5.90. The molecule has 7 heteroatoms. The molecule has 2 aliphatic rings. The number of amides is 1. The lowest BCUT2D eigenvalue weighted by Gasteiger charge is -2.32. The molecule has 6 nitrogen and oxygen atoms in total. The summed E-state index contributed by atoms with van der Waals surface area (Å²) in [6.45, 7) is 7.41. The highest BCUT2D eigenvalue weighted by Crippen LogP contribution is 2.25. The summed E-state index contributed by atoms with van der Waals surface area (Å²) in [5, 5.41) is 2.99. The standard InChI is InChI=1S/C20H31N3O3S/c1-3-22-13-6-8-18(22)15-21-20(24)17-9-11-19(12-10-17)27(25,26)23-14-5-4-7-16(23)2/h9-12,16,18H,3-8,13-15H2,1-2H3,(H,21,24). The first-order chi connectivity index (χ1) is 12.9. The predicted octanol–water partition coefficient (Wildman–Crippen LogP) is 2.46. The first kappa shape index (κ1) is 20.3. The zero-order chi connectivity index (χ0) is 19.4. The molecule has 0 aromatic heterocycles. The zero-order valence-corrected chi connectivity index (χ0v) is 17.2. The first-order valence-electron chi connectivity index (χ1n) is 10.1. The summed E-state index contributed by atoms with van der Waals surface area (Å²) in [7, 11) is -3.49. The van der Waals surface area contributed by atoms with Gasteiger partial charge in [0.1, 0.15) is 0 Å². The largest absolute Gasteiger partial charge is 0.350 e. The van der Waals surface area contributed by atoms with E-state index in [-0.39, 0.29) is 16.8 Å². The van der Waals surface area contributed by atoms with Gasteiger partial charge in [0.25, 0.3) is 5.91 Å². The van der Waals surface area contributed by atoms with Gasteiger partial charge in [-0.1, -0.05) is 13.3 Å². The number of likely N-dealkylation sites (tertiary alicyclic amines) is 1. The Labute approximate surface area is 163 Å². The van der Waals surface area contributed by atoms with Crippen molar-refractivity contribution >= 4 is 15.9 Å². The van der Waals surface area contributed by atoms with E-state index in [2.05, 4.69) is 17.1 Å². The van der Waals surface area contributed by atoms with Crippen LogP contribution in [-0.4, -0.2) is 61.8 Å². The number of carbonyl (C=O) groups is 1. The van der Waals surface area contributed by atoms with E-state index < -0.39 is 10.0 Å². The van der Waals surface area contributed by atoms with E-state index in [1.54, 1.807) is 28.6 Å². The third-order valence-electron chi connectivity index (χ3n) is 5.87. The maximum absolute atomic E-state index is 12.9. The van der Waals surface area contributed by atoms with Crippen molar-refractivity contribution < 1.29 is 13.2 Å². The number of hydrogen-bond donors (Lipinski definition) is 1. The van der Waals surface area contributed by atoms with Gasteiger partial charge >= 0.3 is 0 Å². The topological polar surface area (TPSA) is 69.7 Å². The van der Waals surface area contributed by atoms with Crippen LogP contribution in [0.25, 0.3) is 0 Å². The van der Waals surface area contributed by atoms with Crippen molar-refractivity contribution in [3.8, 4) is 0 Å². The molecule has 0 radical (unpaired) electrons. The highest BCUT2D eigenvalue weighted by Gasteiger charge is 2.31. The van der Waals surface area contributed by atoms with Gasteiger partial charge < -0.3 is 5.32 Å². The summed E-state index contributed by atoms with van der Waals surface area (Å²) in [5.41, 5.74) is 0.502. The number of hydrogen-bond acceptors (Lipinski definition) is 4. The van der Waals surface area contributed by atoms with Gasteiger partial charge in [0, 0.05) is 30.7 Å². The van der Waals surface area contributed by atoms with Crippen LogP contribution in [0, 0.1) is 0 Å². The lowest BCUT2D eigenvalue weighted by Crippen LogP contribution is -2.42. The minimum absolute atomic E-state index is 0.0275. The van der Waals surface area contributed by atoms with E-state index in [1.165, 1.54) is 6.42 Å². The molecule has 1 aromatic carbocycles. The average Bonchev–Trinajstić information content (AvgIpc) is 3.14. The van der Waals surface area contributed by atoms with E-state index in [1.807, 2.05) is 6.92 Å². The van der Waals surface area contributed by atoms with E-state index in [4.69, 9.17) is 0 Å². The molecule has 2 fully saturated rings. The molecule has 0 aliphatic carbocycles. The molecule has 1 N–H and O–H groups in total. The maximum Gasteiger partial charge on any atom is 0.251 e. The molecule has 2 saturated heterocycles. The Morgan fingerprint density at radius 3 is 2.52 bits per heavy atom. The van der Waals surface area contributed by atoms with Crippen LogP contribution < -0.4 is 5.32 Å². The Morgan fingerprint density at radius 2 is 1.85 bits per heavy atom. The Balaban J connectivity index is 1.63. The normalized spacial score (nSPS) is 24.8. The van der Waals surface area contributed by atoms with Crippen molar-refractivity contribution in [2.24, 2.45) is 0 Å². The minimum atomic E-state index is -3.49. The molecule has 150 valence electrons. The van der Waals surface area contributed by atoms with Gasteiger partial charge in [-0.3, -0.25) is 9.69 Å². The Hall–Kier alpha value is -1.44. The lowest BCUT2D eigenvalue weighted by molar-refractivity contribution is 0.0941. The molecule has 3 rings (SSSR count). The molecule has 1 aromatic rings. The highest BCUT2D eigenvalue weighted by atomic mass is 32.2. The van der Waals surface area contributed by atoms with Gasteiger partial charge in [0.2, 0.25) is 10.0 Å². The maximum atomic E-state index is 12.9. The fourth-order valence-electron chi connectivity index (χ4n) is 4.20. The Morgan fingerprint density at radius 1 is 1.11 bits per heavy atom. The van der Waals surface area contributed by atoms with Crippen LogP contribution in [0.1, 0.15) is 56.3 Å². The number of nitrogens with zero attached hydrogens (tertiary/aromatic N) is 2. The fraction of sp³-hybridized carbons (Fsp3) is 0.650. The van der Waals surface area contributed by atoms with Crippen molar-refractivity contribution in [2.45, 2.75) is 62.9 Å². The molecular formula is C20H31N3O3S. The Kier molecular flexibility index (Phi) is 6.55. The van der Waals surface area contributed by atoms with E-state index in [0.717, 1.165) is 38.8 Å². The second-order valence-corrected chi connectivity index (χ2v) is 9.51. The Bertz CT molecular complexity index is 748. The van der Waals surface area contributed by atoms with Gasteiger partial charge in [-0.25, -0.2) is 8.42 Å². The summed E-state index contributed by atoms with van der Waals surface area (Å²) in [6, 6.07) is 6.77. The molecule has 2 atom stereocenters. The molecule has 2 unspecified atom stereocenters. The SMILES string of the molecule is CCN1CCCC1CNC(=O)c1ccc(S(=O)(=O)N2CCCCC2C)cc1. The summed E-state index contributed by atoms with van der Waals surface area (Å²) >= 11 is 0. The van der Waals surface area contributed by atoms with Crippen LogP contribution in [0.2, 0.25) is 0 Å². The van der Waals surface area contributed by atoms with Crippen molar-refractivity contribution in [3.05, 3.63) is 29.8 Å². The third-order valence-corrected chi connectivity index (χ3v) is 7.90. The number of benzene rings is 1. The van der Waals surface area contributed by atoms with Crippen LogP contribution in [0.4, 0.5) is 0 Å². The van der Waals surface area contributed by atoms with Crippen LogP contribution in [0.3, 0.4) is 0 Å². The number of likely N-dealkylation sites (N-methyl/N-ethyl adjacent to an activating group) is 1. The van der Waals surface area contributed by atoms with E-state index >= 15 is 0 Å². The monoisotopic (exact) mass is 393 g/mol.